The van der Waals surface area contributed by atoms with Gasteiger partial charge in [0, 0.05) is 16.0 Å². The van der Waals surface area contributed by atoms with Crippen LogP contribution >= 0.6 is 11.3 Å². The molecule has 7 heteroatoms. The van der Waals surface area contributed by atoms with Gasteiger partial charge in [-0.25, -0.2) is 14.2 Å². The predicted molar refractivity (Wildman–Crippen MR) is 116 cm³/mol. The number of aryl methyl sites for hydroxylation is 1. The Morgan fingerprint density at radius 1 is 1.07 bits per heavy atom. The van der Waals surface area contributed by atoms with Crippen LogP contribution in [-0.2, 0) is 10.3 Å². The monoisotopic (exact) mass is 422 g/mol. The molecule has 0 spiro atoms. The van der Waals surface area contributed by atoms with Crippen molar-refractivity contribution in [1.82, 2.24) is 9.55 Å². The first-order chi connectivity index (χ1) is 14.2. The number of carbonyl (C=O) groups is 1. The van der Waals surface area contributed by atoms with E-state index in [9.17, 15) is 19.1 Å². The molecule has 2 aromatic heterocycles. The second-order valence-corrected chi connectivity index (χ2v) is 8.73. The van der Waals surface area contributed by atoms with E-state index in [0.717, 1.165) is 4.88 Å². The first-order valence-electron chi connectivity index (χ1n) is 9.33. The van der Waals surface area contributed by atoms with Gasteiger partial charge in [0.2, 0.25) is 0 Å². The molecule has 1 N–H and O–H groups in total. The average molecular weight is 422 g/mol. The number of hydrogen-bond donors (Lipinski definition) is 1. The molecule has 2 aromatic carbocycles. The van der Waals surface area contributed by atoms with E-state index in [1.165, 1.54) is 41.9 Å². The predicted octanol–water partition coefficient (Wildman–Crippen LogP) is 5.06. The highest BCUT2D eigenvalue weighted by molar-refractivity contribution is 7.19. The molecule has 0 saturated carbocycles. The third kappa shape index (κ3) is 3.11. The Morgan fingerprint density at radius 2 is 1.70 bits per heavy atom. The smallest absolute Gasteiger partial charge is 0.329 e. The van der Waals surface area contributed by atoms with Crippen LogP contribution in [0.2, 0.25) is 0 Å². The van der Waals surface area contributed by atoms with Gasteiger partial charge in [0.05, 0.1) is 5.39 Å². The molecule has 30 heavy (non-hydrogen) atoms. The number of nitrogens with zero attached hydrogens (tertiary/aromatic N) is 2. The molecule has 0 radical (unpaired) electrons. The van der Waals surface area contributed by atoms with Crippen molar-refractivity contribution in [3.63, 3.8) is 0 Å². The highest BCUT2D eigenvalue weighted by Gasteiger charge is 2.35. The van der Waals surface area contributed by atoms with Crippen molar-refractivity contribution in [2.75, 3.05) is 0 Å². The Balaban J connectivity index is 2.14. The molecule has 0 amide bonds. The highest BCUT2D eigenvalue weighted by Crippen LogP contribution is 2.37. The van der Waals surface area contributed by atoms with Gasteiger partial charge >= 0.3 is 5.97 Å². The largest absolute Gasteiger partial charge is 0.480 e. The zero-order valence-electron chi connectivity index (χ0n) is 16.6. The van der Waals surface area contributed by atoms with Gasteiger partial charge in [0.1, 0.15) is 22.0 Å². The summed E-state index contributed by atoms with van der Waals surface area (Å²) in [6.45, 7) is 4.83. The van der Waals surface area contributed by atoms with Crippen LogP contribution in [0.3, 0.4) is 0 Å². The van der Waals surface area contributed by atoms with Crippen LogP contribution in [0.5, 0.6) is 0 Å². The van der Waals surface area contributed by atoms with Crippen molar-refractivity contribution < 1.29 is 14.3 Å². The molecule has 5 nitrogen and oxygen atoms in total. The van der Waals surface area contributed by atoms with Gasteiger partial charge in [-0.3, -0.25) is 9.36 Å². The summed E-state index contributed by atoms with van der Waals surface area (Å²) in [5.74, 6) is -1.21. The van der Waals surface area contributed by atoms with Crippen molar-refractivity contribution >= 4 is 27.5 Å². The molecular formula is C23H19FN2O3S. The molecule has 0 aliphatic heterocycles. The molecule has 152 valence electrons. The van der Waals surface area contributed by atoms with Crippen molar-refractivity contribution in [3.05, 3.63) is 75.6 Å². The lowest BCUT2D eigenvalue weighted by Crippen LogP contribution is -2.44. The first kappa shape index (κ1) is 20.0. The van der Waals surface area contributed by atoms with Gasteiger partial charge in [-0.1, -0.05) is 42.5 Å². The normalized spacial score (nSPS) is 11.7. The number of aromatic nitrogens is 2. The fraction of sp³-hybridized carbons (Fsp3) is 0.174. The number of hydrogen-bond acceptors (Lipinski definition) is 4. The minimum absolute atomic E-state index is 0.299. The molecule has 0 aliphatic rings. The van der Waals surface area contributed by atoms with E-state index in [1.807, 2.05) is 25.1 Å². The van der Waals surface area contributed by atoms with Crippen molar-refractivity contribution in [1.29, 1.82) is 0 Å². The number of aliphatic carboxylic acids is 1. The van der Waals surface area contributed by atoms with E-state index < -0.39 is 17.1 Å². The zero-order chi connectivity index (χ0) is 21.6. The Morgan fingerprint density at radius 3 is 2.30 bits per heavy atom. The van der Waals surface area contributed by atoms with Crippen LogP contribution in [0.1, 0.15) is 18.7 Å². The van der Waals surface area contributed by atoms with E-state index in [0.29, 0.717) is 32.7 Å². The summed E-state index contributed by atoms with van der Waals surface area (Å²) in [7, 11) is 0. The Bertz CT molecular complexity index is 1320. The summed E-state index contributed by atoms with van der Waals surface area (Å²) in [4.78, 5) is 31.9. The van der Waals surface area contributed by atoms with Crippen molar-refractivity contribution in [2.45, 2.75) is 26.3 Å². The van der Waals surface area contributed by atoms with E-state index in [1.54, 1.807) is 24.3 Å². The van der Waals surface area contributed by atoms with Crippen LogP contribution in [0, 0.1) is 12.7 Å². The molecule has 0 aliphatic carbocycles. The summed E-state index contributed by atoms with van der Waals surface area (Å²) in [6, 6.07) is 15.0. The number of carboxylic acids is 1. The zero-order valence-corrected chi connectivity index (χ0v) is 17.5. The maximum Gasteiger partial charge on any atom is 0.329 e. The Labute approximate surface area is 176 Å². The summed E-state index contributed by atoms with van der Waals surface area (Å²) in [5.41, 5.74) is 0.0303. The molecule has 4 rings (SSSR count). The first-order valence-corrected chi connectivity index (χ1v) is 10.1. The lowest BCUT2D eigenvalue weighted by atomic mass is 10.0. The molecule has 0 fully saturated rings. The van der Waals surface area contributed by atoms with Gasteiger partial charge < -0.3 is 5.11 Å². The number of rotatable bonds is 4. The van der Waals surface area contributed by atoms with E-state index in [-0.39, 0.29) is 5.82 Å². The number of halogens is 1. The second-order valence-electron chi connectivity index (χ2n) is 7.53. The highest BCUT2D eigenvalue weighted by atomic mass is 32.1. The molecule has 0 unspecified atom stereocenters. The van der Waals surface area contributed by atoms with Crippen LogP contribution in [0.25, 0.3) is 32.7 Å². The maximum atomic E-state index is 13.7. The van der Waals surface area contributed by atoms with Crippen molar-refractivity contribution in [2.24, 2.45) is 0 Å². The lowest BCUT2D eigenvalue weighted by Gasteiger charge is -2.25. The summed E-state index contributed by atoms with van der Waals surface area (Å²) < 4.78 is 14.7. The van der Waals surface area contributed by atoms with Crippen LogP contribution in [0.15, 0.2) is 59.4 Å². The van der Waals surface area contributed by atoms with Crippen LogP contribution in [-0.4, -0.2) is 20.6 Å². The molecule has 2 heterocycles. The second kappa shape index (κ2) is 7.18. The van der Waals surface area contributed by atoms with E-state index in [4.69, 9.17) is 4.98 Å². The van der Waals surface area contributed by atoms with Crippen molar-refractivity contribution in [3.8, 4) is 22.5 Å². The average Bonchev–Trinajstić information content (AvgIpc) is 3.05. The number of carboxylic acid groups (broad SMARTS) is 1. The summed E-state index contributed by atoms with van der Waals surface area (Å²) in [6.07, 6.45) is 0. The van der Waals surface area contributed by atoms with Gasteiger partial charge in [-0.2, -0.15) is 0 Å². The SMILES string of the molecule is Cc1sc2nc(-c3ccccc3)n(C(C)(C)C(=O)O)c(=O)c2c1-c1ccc(F)cc1. The van der Waals surface area contributed by atoms with Gasteiger partial charge in [0.15, 0.2) is 0 Å². The Kier molecular flexibility index (Phi) is 4.78. The van der Waals surface area contributed by atoms with Crippen LogP contribution in [0.4, 0.5) is 4.39 Å². The van der Waals surface area contributed by atoms with Crippen LogP contribution < -0.4 is 5.56 Å². The Hall–Kier alpha value is -3.32. The minimum Gasteiger partial charge on any atom is -0.480 e. The van der Waals surface area contributed by atoms with E-state index in [2.05, 4.69) is 0 Å². The van der Waals surface area contributed by atoms with Gasteiger partial charge in [0.25, 0.3) is 5.56 Å². The quantitative estimate of drug-likeness (QED) is 0.499. The minimum atomic E-state index is -1.53. The molecular weight excluding hydrogens is 403 g/mol. The maximum absolute atomic E-state index is 13.7. The topological polar surface area (TPSA) is 72.2 Å². The number of thiophene rings is 1. The molecule has 0 saturated heterocycles. The fourth-order valence-corrected chi connectivity index (χ4v) is 4.56. The lowest BCUT2D eigenvalue weighted by molar-refractivity contribution is -0.145. The molecule has 0 atom stereocenters. The molecule has 4 aromatic rings. The number of benzene rings is 2. The van der Waals surface area contributed by atoms with E-state index >= 15 is 0 Å². The van der Waals surface area contributed by atoms with Gasteiger partial charge in [-0.15, -0.1) is 11.3 Å². The molecule has 0 bridgehead atoms. The standard InChI is InChI=1S/C23H19FN2O3S/c1-13-17(14-9-11-16(24)12-10-14)18-20(30-13)25-19(15-7-5-4-6-8-15)26(21(18)27)23(2,3)22(28)29/h4-12H,1-3H3,(H,28,29). The number of fused-ring (bicyclic) bond motifs is 1. The third-order valence-corrected chi connectivity index (χ3v) is 6.15. The fourth-order valence-electron chi connectivity index (χ4n) is 3.52. The summed E-state index contributed by atoms with van der Waals surface area (Å²) in [5, 5.41) is 10.2. The van der Waals surface area contributed by atoms with Gasteiger partial charge in [-0.05, 0) is 38.5 Å². The third-order valence-electron chi connectivity index (χ3n) is 5.15. The summed E-state index contributed by atoms with van der Waals surface area (Å²) >= 11 is 1.36.